The first-order valence-electron chi connectivity index (χ1n) is 7.18. The number of rotatable bonds is 3. The zero-order valence-corrected chi connectivity index (χ0v) is 12.9. The van der Waals surface area contributed by atoms with E-state index in [2.05, 4.69) is 53.2 Å². The summed E-state index contributed by atoms with van der Waals surface area (Å²) in [5, 5.41) is 5.16. The first-order chi connectivity index (χ1) is 9.79. The molecule has 106 valence electrons. The Bertz CT molecular complexity index is 579. The molecule has 2 aromatic rings. The average Bonchev–Trinajstić information content (AvgIpc) is 2.77. The molecular formula is C16H21N3S. The molecule has 3 nitrogen and oxygen atoms in total. The first kappa shape index (κ1) is 13.7. The second-order valence-corrected chi connectivity index (χ2v) is 6.54. The molecule has 1 aliphatic rings. The topological polar surface area (TPSA) is 29.9 Å². The van der Waals surface area contributed by atoms with E-state index in [-0.39, 0.29) is 0 Å². The number of benzene rings is 1. The first-order valence-corrected chi connectivity index (χ1v) is 8.06. The summed E-state index contributed by atoms with van der Waals surface area (Å²) < 4.78 is 2.11. The van der Waals surface area contributed by atoms with E-state index in [0.29, 0.717) is 11.3 Å². The van der Waals surface area contributed by atoms with Crippen LogP contribution in [0.25, 0.3) is 0 Å². The molecule has 3 rings (SSSR count). The van der Waals surface area contributed by atoms with Crippen LogP contribution in [0.5, 0.6) is 0 Å². The van der Waals surface area contributed by atoms with Gasteiger partial charge in [0.2, 0.25) is 0 Å². The predicted octanol–water partition coefficient (Wildman–Crippen LogP) is 3.18. The van der Waals surface area contributed by atoms with Gasteiger partial charge in [-0.25, -0.2) is 4.98 Å². The Morgan fingerprint density at radius 2 is 2.20 bits per heavy atom. The van der Waals surface area contributed by atoms with Gasteiger partial charge in [-0.2, -0.15) is 0 Å². The van der Waals surface area contributed by atoms with Crippen LogP contribution in [-0.2, 0) is 13.5 Å². The number of imidazole rings is 1. The quantitative estimate of drug-likeness (QED) is 0.879. The Balaban J connectivity index is 1.89. The molecule has 4 heteroatoms. The van der Waals surface area contributed by atoms with Crippen LogP contribution < -0.4 is 5.32 Å². The van der Waals surface area contributed by atoms with Crippen molar-refractivity contribution in [3.05, 3.63) is 47.8 Å². The number of fused-ring (bicyclic) bond motifs is 1. The molecule has 1 aromatic carbocycles. The second kappa shape index (κ2) is 6.02. The van der Waals surface area contributed by atoms with E-state index >= 15 is 0 Å². The molecule has 1 aliphatic carbocycles. The Kier molecular flexibility index (Phi) is 4.13. The molecule has 2 atom stereocenters. The Morgan fingerprint density at radius 3 is 2.95 bits per heavy atom. The normalized spacial score (nSPS) is 22.3. The van der Waals surface area contributed by atoms with E-state index in [4.69, 9.17) is 0 Å². The van der Waals surface area contributed by atoms with Crippen LogP contribution in [0.15, 0.2) is 41.8 Å². The summed E-state index contributed by atoms with van der Waals surface area (Å²) in [6.45, 7) is 0. The van der Waals surface area contributed by atoms with Crippen molar-refractivity contribution in [3.63, 3.8) is 0 Å². The largest absolute Gasteiger partial charge is 0.329 e. The number of hydrogen-bond donors (Lipinski definition) is 1. The van der Waals surface area contributed by atoms with Crippen LogP contribution >= 0.6 is 11.8 Å². The van der Waals surface area contributed by atoms with Crippen LogP contribution in [0.1, 0.15) is 30.0 Å². The maximum Gasteiger partial charge on any atom is 0.168 e. The van der Waals surface area contributed by atoms with E-state index in [1.807, 2.05) is 24.2 Å². The van der Waals surface area contributed by atoms with Gasteiger partial charge in [0.25, 0.3) is 0 Å². The SMILES string of the molecule is CNC1c2ccccc2CCCC1Sc1nccn1C. The second-order valence-electron chi connectivity index (χ2n) is 5.33. The zero-order chi connectivity index (χ0) is 13.9. The molecule has 20 heavy (non-hydrogen) atoms. The molecule has 0 spiro atoms. The third-order valence-electron chi connectivity index (χ3n) is 4.04. The molecular weight excluding hydrogens is 266 g/mol. The molecule has 0 bridgehead atoms. The van der Waals surface area contributed by atoms with Crippen LogP contribution in [0.2, 0.25) is 0 Å². The highest BCUT2D eigenvalue weighted by molar-refractivity contribution is 7.99. The van der Waals surface area contributed by atoms with Gasteiger partial charge in [0, 0.05) is 30.7 Å². The van der Waals surface area contributed by atoms with E-state index in [9.17, 15) is 0 Å². The molecule has 0 amide bonds. The van der Waals surface area contributed by atoms with E-state index in [1.165, 1.54) is 30.4 Å². The average molecular weight is 287 g/mol. The highest BCUT2D eigenvalue weighted by atomic mass is 32.2. The molecule has 1 N–H and O–H groups in total. The van der Waals surface area contributed by atoms with Crippen molar-refractivity contribution in [1.29, 1.82) is 0 Å². The third-order valence-corrected chi connectivity index (χ3v) is 5.46. The fraction of sp³-hybridized carbons (Fsp3) is 0.438. The number of aromatic nitrogens is 2. The van der Waals surface area contributed by atoms with Gasteiger partial charge in [-0.15, -0.1) is 0 Å². The van der Waals surface area contributed by atoms with Crippen molar-refractivity contribution in [2.75, 3.05) is 7.05 Å². The fourth-order valence-corrected chi connectivity index (χ4v) is 4.32. The minimum absolute atomic E-state index is 0.399. The Morgan fingerprint density at radius 1 is 1.35 bits per heavy atom. The lowest BCUT2D eigenvalue weighted by atomic mass is 9.99. The van der Waals surface area contributed by atoms with Crippen molar-refractivity contribution >= 4 is 11.8 Å². The maximum atomic E-state index is 4.46. The van der Waals surface area contributed by atoms with Crippen molar-refractivity contribution in [2.24, 2.45) is 7.05 Å². The lowest BCUT2D eigenvalue weighted by molar-refractivity contribution is 0.546. The Hall–Kier alpha value is -1.26. The van der Waals surface area contributed by atoms with Crippen LogP contribution in [0.3, 0.4) is 0 Å². The lowest BCUT2D eigenvalue weighted by Crippen LogP contribution is -2.27. The number of aryl methyl sites for hydroxylation is 2. The lowest BCUT2D eigenvalue weighted by Gasteiger charge is -2.25. The summed E-state index contributed by atoms with van der Waals surface area (Å²) in [6.07, 6.45) is 7.55. The minimum atomic E-state index is 0.399. The number of nitrogens with zero attached hydrogens (tertiary/aromatic N) is 2. The molecule has 0 saturated carbocycles. The highest BCUT2D eigenvalue weighted by Gasteiger charge is 2.28. The van der Waals surface area contributed by atoms with Crippen LogP contribution in [-0.4, -0.2) is 21.8 Å². The van der Waals surface area contributed by atoms with Gasteiger partial charge in [0.05, 0.1) is 0 Å². The third kappa shape index (κ3) is 2.63. The van der Waals surface area contributed by atoms with E-state index < -0.39 is 0 Å². The maximum absolute atomic E-state index is 4.46. The highest BCUT2D eigenvalue weighted by Crippen LogP contribution is 2.38. The van der Waals surface area contributed by atoms with Crippen molar-refractivity contribution in [1.82, 2.24) is 14.9 Å². The van der Waals surface area contributed by atoms with Gasteiger partial charge in [-0.05, 0) is 37.4 Å². The molecule has 0 aliphatic heterocycles. The number of nitrogens with one attached hydrogen (secondary N) is 1. The van der Waals surface area contributed by atoms with Gasteiger partial charge >= 0.3 is 0 Å². The smallest absolute Gasteiger partial charge is 0.168 e. The standard InChI is InChI=1S/C16H21N3S/c1-17-15-13-8-4-3-6-12(13)7-5-9-14(15)20-16-18-10-11-19(16)2/h3-4,6,8,10-11,14-15,17H,5,7,9H2,1-2H3. The summed E-state index contributed by atoms with van der Waals surface area (Å²) in [4.78, 5) is 4.46. The summed E-state index contributed by atoms with van der Waals surface area (Å²) >= 11 is 1.90. The molecule has 2 unspecified atom stereocenters. The molecule has 0 fully saturated rings. The van der Waals surface area contributed by atoms with Crippen molar-refractivity contribution < 1.29 is 0 Å². The van der Waals surface area contributed by atoms with Gasteiger partial charge in [-0.1, -0.05) is 36.0 Å². The Labute approximate surface area is 124 Å². The summed E-state index contributed by atoms with van der Waals surface area (Å²) in [6, 6.07) is 9.24. The van der Waals surface area contributed by atoms with Crippen molar-refractivity contribution in [2.45, 2.75) is 35.7 Å². The molecule has 1 heterocycles. The minimum Gasteiger partial charge on any atom is -0.329 e. The molecule has 1 aromatic heterocycles. The zero-order valence-electron chi connectivity index (χ0n) is 12.0. The number of thioether (sulfide) groups is 1. The van der Waals surface area contributed by atoms with Crippen molar-refractivity contribution in [3.8, 4) is 0 Å². The van der Waals surface area contributed by atoms with Crippen LogP contribution in [0.4, 0.5) is 0 Å². The monoisotopic (exact) mass is 287 g/mol. The summed E-state index contributed by atoms with van der Waals surface area (Å²) in [7, 11) is 4.13. The molecule has 0 radical (unpaired) electrons. The summed E-state index contributed by atoms with van der Waals surface area (Å²) in [5.74, 6) is 0. The van der Waals surface area contributed by atoms with E-state index in [0.717, 1.165) is 5.16 Å². The van der Waals surface area contributed by atoms with Gasteiger partial charge in [0.1, 0.15) is 0 Å². The fourth-order valence-electron chi connectivity index (χ4n) is 3.00. The van der Waals surface area contributed by atoms with Gasteiger partial charge in [-0.3, -0.25) is 0 Å². The predicted molar refractivity (Wildman–Crippen MR) is 84.0 cm³/mol. The molecule has 0 saturated heterocycles. The summed E-state index contributed by atoms with van der Waals surface area (Å²) in [5.41, 5.74) is 2.95. The van der Waals surface area contributed by atoms with E-state index in [1.54, 1.807) is 0 Å². The van der Waals surface area contributed by atoms with Gasteiger partial charge in [0.15, 0.2) is 5.16 Å². The van der Waals surface area contributed by atoms with Crippen LogP contribution in [0, 0.1) is 0 Å². The van der Waals surface area contributed by atoms with Gasteiger partial charge < -0.3 is 9.88 Å². The number of hydrogen-bond acceptors (Lipinski definition) is 3.